The summed E-state index contributed by atoms with van der Waals surface area (Å²) in [7, 11) is 0. The summed E-state index contributed by atoms with van der Waals surface area (Å²) in [5.74, 6) is -1.78. The van der Waals surface area contributed by atoms with Gasteiger partial charge in [-0.25, -0.2) is 8.78 Å². The molecule has 2 rings (SSSR count). The molecule has 94 valence electrons. The predicted octanol–water partition coefficient (Wildman–Crippen LogP) is 3.44. The van der Waals surface area contributed by atoms with Gasteiger partial charge < -0.3 is 4.74 Å². The third-order valence-electron chi connectivity index (χ3n) is 2.41. The molecule has 0 saturated heterocycles. The van der Waals surface area contributed by atoms with E-state index in [1.165, 1.54) is 24.3 Å². The SMILES string of the molecule is N#Cc1ccc(Oc2cccc(F)c2C=O)c(F)c1. The molecule has 2 aromatic carbocycles. The van der Waals surface area contributed by atoms with Crippen LogP contribution in [0.5, 0.6) is 11.5 Å². The number of carbonyl (C=O) groups is 1. The molecule has 0 saturated carbocycles. The van der Waals surface area contributed by atoms with Gasteiger partial charge in [0.2, 0.25) is 0 Å². The number of halogens is 2. The van der Waals surface area contributed by atoms with Gasteiger partial charge >= 0.3 is 0 Å². The van der Waals surface area contributed by atoms with E-state index in [4.69, 9.17) is 10.00 Å². The molecule has 0 amide bonds. The summed E-state index contributed by atoms with van der Waals surface area (Å²) in [6.45, 7) is 0. The van der Waals surface area contributed by atoms with E-state index in [2.05, 4.69) is 0 Å². The lowest BCUT2D eigenvalue weighted by molar-refractivity contribution is 0.111. The van der Waals surface area contributed by atoms with Crippen LogP contribution in [-0.2, 0) is 0 Å². The van der Waals surface area contributed by atoms with Crippen molar-refractivity contribution in [3.05, 3.63) is 59.2 Å². The zero-order chi connectivity index (χ0) is 13.8. The fraction of sp³-hybridized carbons (Fsp3) is 0. The van der Waals surface area contributed by atoms with Crippen molar-refractivity contribution in [3.8, 4) is 17.6 Å². The third kappa shape index (κ3) is 2.58. The lowest BCUT2D eigenvalue weighted by Crippen LogP contribution is -1.96. The second kappa shape index (κ2) is 5.27. The molecule has 19 heavy (non-hydrogen) atoms. The Kier molecular flexibility index (Phi) is 3.53. The van der Waals surface area contributed by atoms with Crippen molar-refractivity contribution in [3.63, 3.8) is 0 Å². The van der Waals surface area contributed by atoms with Gasteiger partial charge in [-0.1, -0.05) is 6.07 Å². The van der Waals surface area contributed by atoms with Crippen molar-refractivity contribution in [2.24, 2.45) is 0 Å². The van der Waals surface area contributed by atoms with Gasteiger partial charge in [-0.05, 0) is 30.3 Å². The largest absolute Gasteiger partial charge is 0.453 e. The first kappa shape index (κ1) is 12.7. The molecule has 5 heteroatoms. The van der Waals surface area contributed by atoms with Crippen LogP contribution in [0.4, 0.5) is 8.78 Å². The lowest BCUT2D eigenvalue weighted by atomic mass is 10.2. The second-order valence-corrected chi connectivity index (χ2v) is 3.63. The van der Waals surface area contributed by atoms with Gasteiger partial charge in [0.05, 0.1) is 17.2 Å². The molecule has 0 aliphatic rings. The fourth-order valence-corrected chi connectivity index (χ4v) is 1.49. The highest BCUT2D eigenvalue weighted by atomic mass is 19.1. The minimum absolute atomic E-state index is 0.0846. The zero-order valence-electron chi connectivity index (χ0n) is 9.56. The molecule has 0 aromatic heterocycles. The Balaban J connectivity index is 2.40. The van der Waals surface area contributed by atoms with Crippen molar-refractivity contribution < 1.29 is 18.3 Å². The Labute approximate surface area is 107 Å². The molecule has 0 spiro atoms. The predicted molar refractivity (Wildman–Crippen MR) is 63.0 cm³/mol. The quantitative estimate of drug-likeness (QED) is 0.793. The average Bonchev–Trinajstić information content (AvgIpc) is 2.41. The van der Waals surface area contributed by atoms with E-state index in [0.29, 0.717) is 6.29 Å². The van der Waals surface area contributed by atoms with Crippen LogP contribution in [0.15, 0.2) is 36.4 Å². The van der Waals surface area contributed by atoms with Crippen LogP contribution < -0.4 is 4.74 Å². The van der Waals surface area contributed by atoms with Crippen LogP contribution in [-0.4, -0.2) is 6.29 Å². The van der Waals surface area contributed by atoms with E-state index >= 15 is 0 Å². The summed E-state index contributed by atoms with van der Waals surface area (Å²) < 4.78 is 32.1. The molecule has 3 nitrogen and oxygen atoms in total. The summed E-state index contributed by atoms with van der Waals surface area (Å²) in [5.41, 5.74) is -0.147. The number of rotatable bonds is 3. The molecule has 0 bridgehead atoms. The molecule has 2 aromatic rings. The van der Waals surface area contributed by atoms with Crippen molar-refractivity contribution in [2.75, 3.05) is 0 Å². The first-order chi connectivity index (χ1) is 9.15. The van der Waals surface area contributed by atoms with E-state index in [-0.39, 0.29) is 22.6 Å². The van der Waals surface area contributed by atoms with Crippen molar-refractivity contribution in [1.29, 1.82) is 5.26 Å². The van der Waals surface area contributed by atoms with Crippen molar-refractivity contribution in [1.82, 2.24) is 0 Å². The Hall–Kier alpha value is -2.74. The molecule has 0 aliphatic carbocycles. The number of aldehydes is 1. The summed E-state index contributed by atoms with van der Waals surface area (Å²) >= 11 is 0. The summed E-state index contributed by atoms with van der Waals surface area (Å²) in [6.07, 6.45) is 0.298. The second-order valence-electron chi connectivity index (χ2n) is 3.63. The van der Waals surface area contributed by atoms with Crippen LogP contribution in [0.25, 0.3) is 0 Å². The van der Waals surface area contributed by atoms with Crippen molar-refractivity contribution in [2.45, 2.75) is 0 Å². The van der Waals surface area contributed by atoms with Gasteiger partial charge in [0.1, 0.15) is 11.6 Å². The Morgan fingerprint density at radius 3 is 2.53 bits per heavy atom. The van der Waals surface area contributed by atoms with E-state index in [1.54, 1.807) is 6.07 Å². The fourth-order valence-electron chi connectivity index (χ4n) is 1.49. The Morgan fingerprint density at radius 1 is 1.11 bits per heavy atom. The Bertz CT molecular complexity index is 678. The summed E-state index contributed by atoms with van der Waals surface area (Å²) in [5, 5.41) is 8.61. The number of hydrogen-bond acceptors (Lipinski definition) is 3. The van der Waals surface area contributed by atoms with Gasteiger partial charge in [0, 0.05) is 0 Å². The van der Waals surface area contributed by atoms with Gasteiger partial charge in [-0.2, -0.15) is 5.26 Å². The number of benzene rings is 2. The van der Waals surface area contributed by atoms with Crippen LogP contribution in [0.3, 0.4) is 0 Å². The zero-order valence-corrected chi connectivity index (χ0v) is 9.56. The molecular weight excluding hydrogens is 252 g/mol. The maximum absolute atomic E-state index is 13.6. The first-order valence-electron chi connectivity index (χ1n) is 5.27. The van der Waals surface area contributed by atoms with E-state index in [1.807, 2.05) is 0 Å². The van der Waals surface area contributed by atoms with Crippen LogP contribution in [0.2, 0.25) is 0 Å². The molecule has 0 aliphatic heterocycles. The molecule has 0 N–H and O–H groups in total. The smallest absolute Gasteiger partial charge is 0.167 e. The number of carbonyl (C=O) groups excluding carboxylic acids is 1. The number of nitrogens with zero attached hydrogens (tertiary/aromatic N) is 1. The standard InChI is InChI=1S/C14H7F2NO2/c15-11-2-1-3-13(10(11)8-18)19-14-5-4-9(7-17)6-12(14)16/h1-6,8H. The minimum Gasteiger partial charge on any atom is -0.453 e. The molecule has 0 unspecified atom stereocenters. The van der Waals surface area contributed by atoms with E-state index in [9.17, 15) is 13.6 Å². The topological polar surface area (TPSA) is 50.1 Å². The third-order valence-corrected chi connectivity index (χ3v) is 2.41. The summed E-state index contributed by atoms with van der Waals surface area (Å²) in [4.78, 5) is 10.8. The molecule has 0 atom stereocenters. The van der Waals surface area contributed by atoms with Gasteiger partial charge in [0.15, 0.2) is 17.9 Å². The lowest BCUT2D eigenvalue weighted by Gasteiger charge is -2.09. The molecule has 0 fully saturated rings. The molecular formula is C14H7F2NO2. The highest BCUT2D eigenvalue weighted by Crippen LogP contribution is 2.28. The van der Waals surface area contributed by atoms with Gasteiger partial charge in [-0.15, -0.1) is 0 Å². The molecule has 0 heterocycles. The van der Waals surface area contributed by atoms with Gasteiger partial charge in [0.25, 0.3) is 0 Å². The Morgan fingerprint density at radius 2 is 1.89 bits per heavy atom. The van der Waals surface area contributed by atoms with E-state index < -0.39 is 11.6 Å². The molecule has 0 radical (unpaired) electrons. The number of nitriles is 1. The summed E-state index contributed by atoms with van der Waals surface area (Å²) in [6, 6.07) is 9.18. The minimum atomic E-state index is -0.764. The average molecular weight is 259 g/mol. The maximum atomic E-state index is 13.6. The van der Waals surface area contributed by atoms with Crippen LogP contribution >= 0.6 is 0 Å². The van der Waals surface area contributed by atoms with Crippen LogP contribution in [0, 0.1) is 23.0 Å². The number of ether oxygens (including phenoxy) is 1. The van der Waals surface area contributed by atoms with Crippen molar-refractivity contribution >= 4 is 6.29 Å². The maximum Gasteiger partial charge on any atom is 0.167 e. The monoisotopic (exact) mass is 259 g/mol. The highest BCUT2D eigenvalue weighted by Gasteiger charge is 2.12. The van der Waals surface area contributed by atoms with Crippen LogP contribution in [0.1, 0.15) is 15.9 Å². The van der Waals surface area contributed by atoms with E-state index in [0.717, 1.165) is 12.1 Å². The highest BCUT2D eigenvalue weighted by molar-refractivity contribution is 5.79. The normalized spacial score (nSPS) is 9.74. The van der Waals surface area contributed by atoms with Gasteiger partial charge in [-0.3, -0.25) is 4.79 Å². The first-order valence-corrected chi connectivity index (χ1v) is 5.27. The number of hydrogen-bond donors (Lipinski definition) is 0.